The maximum absolute atomic E-state index is 4.62. The molecule has 41 heavy (non-hydrogen) atoms. The van der Waals surface area contributed by atoms with Crippen molar-refractivity contribution in [3.05, 3.63) is 140 Å². The second-order valence-corrected chi connectivity index (χ2v) is 11.2. The number of fused-ring (bicyclic) bond motifs is 7. The van der Waals surface area contributed by atoms with E-state index in [2.05, 4.69) is 112 Å². The Bertz CT molecular complexity index is 2240. The summed E-state index contributed by atoms with van der Waals surface area (Å²) in [4.78, 5) is 4.62. The first-order chi connectivity index (χ1) is 20.3. The number of pyridine rings is 1. The molecular weight excluding hydrogens is 518 g/mol. The van der Waals surface area contributed by atoms with Gasteiger partial charge in [0.15, 0.2) is 0 Å². The lowest BCUT2D eigenvalue weighted by Crippen LogP contribution is -1.97. The molecular formula is C37H25N3S. The highest BCUT2D eigenvalue weighted by Crippen LogP contribution is 2.44. The highest BCUT2D eigenvalue weighted by atomic mass is 32.1. The van der Waals surface area contributed by atoms with Crippen molar-refractivity contribution >= 4 is 70.8 Å². The number of nitrogens with zero attached hydrogens (tertiary/aromatic N) is 2. The van der Waals surface area contributed by atoms with E-state index in [9.17, 15) is 0 Å². The van der Waals surface area contributed by atoms with Crippen LogP contribution in [0.3, 0.4) is 0 Å². The molecule has 3 aromatic heterocycles. The molecule has 4 heteroatoms. The van der Waals surface area contributed by atoms with Crippen LogP contribution >= 0.6 is 11.3 Å². The van der Waals surface area contributed by atoms with Crippen LogP contribution in [0.4, 0.5) is 11.4 Å². The van der Waals surface area contributed by atoms with Gasteiger partial charge in [-0.15, -0.1) is 11.3 Å². The standard InChI is InChI=1S/C37H25N3S/c1-2-24-22-34-31(23-33(24)39-26-12-4-3-5-13-26)29-18-19-30-28-15-6-7-17-35(28)41-37(30)36(29)40(34)27-14-10-11-25(21-27)32-16-8-9-20-38-32/h2-23,39H,1H2. The van der Waals surface area contributed by atoms with E-state index in [-0.39, 0.29) is 0 Å². The summed E-state index contributed by atoms with van der Waals surface area (Å²) < 4.78 is 5.02. The Balaban J connectivity index is 1.47. The predicted molar refractivity (Wildman–Crippen MR) is 177 cm³/mol. The summed E-state index contributed by atoms with van der Waals surface area (Å²) >= 11 is 1.86. The van der Waals surface area contributed by atoms with Gasteiger partial charge in [-0.1, -0.05) is 79.4 Å². The maximum atomic E-state index is 4.62. The van der Waals surface area contributed by atoms with Crippen LogP contribution in [0.1, 0.15) is 5.56 Å². The third kappa shape index (κ3) is 3.84. The quantitative estimate of drug-likeness (QED) is 0.234. The van der Waals surface area contributed by atoms with Gasteiger partial charge in [-0.2, -0.15) is 0 Å². The molecule has 0 radical (unpaired) electrons. The van der Waals surface area contributed by atoms with Gasteiger partial charge in [0.2, 0.25) is 0 Å². The van der Waals surface area contributed by atoms with Gasteiger partial charge in [0.05, 0.1) is 21.4 Å². The molecule has 0 aliphatic heterocycles. The number of hydrogen-bond donors (Lipinski definition) is 1. The van der Waals surface area contributed by atoms with Crippen LogP contribution in [0.5, 0.6) is 0 Å². The van der Waals surface area contributed by atoms with E-state index in [0.29, 0.717) is 0 Å². The van der Waals surface area contributed by atoms with Crippen LogP contribution in [0.25, 0.3) is 65.0 Å². The monoisotopic (exact) mass is 543 g/mol. The molecule has 194 valence electrons. The summed E-state index contributed by atoms with van der Waals surface area (Å²) in [5.41, 5.74) is 8.68. The Labute approximate surface area is 241 Å². The summed E-state index contributed by atoms with van der Waals surface area (Å²) in [6.45, 7) is 4.17. The highest BCUT2D eigenvalue weighted by Gasteiger charge is 2.19. The first kappa shape index (κ1) is 23.7. The van der Waals surface area contributed by atoms with Crippen LogP contribution in [-0.2, 0) is 0 Å². The topological polar surface area (TPSA) is 29.9 Å². The molecule has 0 amide bonds. The first-order valence-electron chi connectivity index (χ1n) is 13.7. The summed E-state index contributed by atoms with van der Waals surface area (Å²) in [7, 11) is 0. The fourth-order valence-electron chi connectivity index (χ4n) is 5.90. The number of para-hydroxylation sites is 1. The number of anilines is 2. The predicted octanol–water partition coefficient (Wildman–Crippen LogP) is 10.6. The van der Waals surface area contributed by atoms with Crippen molar-refractivity contribution in [2.24, 2.45) is 0 Å². The summed E-state index contributed by atoms with van der Waals surface area (Å²) in [6, 6.07) is 42.9. The number of thiophene rings is 1. The average Bonchev–Trinajstić information content (AvgIpc) is 3.57. The first-order valence-corrected chi connectivity index (χ1v) is 14.5. The Hall–Kier alpha value is -5.19. The van der Waals surface area contributed by atoms with Gasteiger partial charge in [0.1, 0.15) is 0 Å². The molecule has 8 aromatic rings. The lowest BCUT2D eigenvalue weighted by molar-refractivity contribution is 1.18. The van der Waals surface area contributed by atoms with Crippen LogP contribution in [0.2, 0.25) is 0 Å². The smallest absolute Gasteiger partial charge is 0.0719 e. The SMILES string of the molecule is C=Cc1cc2c(cc1Nc1ccccc1)c1ccc3c4ccccc4sc3c1n2-c1cccc(-c2ccccn2)c1. The Kier molecular flexibility index (Phi) is 5.47. The van der Waals surface area contributed by atoms with E-state index in [1.807, 2.05) is 53.9 Å². The zero-order valence-electron chi connectivity index (χ0n) is 22.2. The molecule has 0 aliphatic rings. The largest absolute Gasteiger partial charge is 0.355 e. The van der Waals surface area contributed by atoms with Crippen LogP contribution in [-0.4, -0.2) is 9.55 Å². The summed E-state index contributed by atoms with van der Waals surface area (Å²) in [5.74, 6) is 0. The number of aromatic nitrogens is 2. The molecule has 5 aromatic carbocycles. The molecule has 0 spiro atoms. The van der Waals surface area contributed by atoms with Crippen molar-refractivity contribution in [2.75, 3.05) is 5.32 Å². The molecule has 0 saturated carbocycles. The van der Waals surface area contributed by atoms with Crippen LogP contribution in [0, 0.1) is 0 Å². The van der Waals surface area contributed by atoms with Crippen molar-refractivity contribution in [1.29, 1.82) is 0 Å². The zero-order valence-corrected chi connectivity index (χ0v) is 23.0. The molecule has 0 bridgehead atoms. The Morgan fingerprint density at radius 2 is 1.54 bits per heavy atom. The maximum Gasteiger partial charge on any atom is 0.0719 e. The number of nitrogens with one attached hydrogen (secondary N) is 1. The molecule has 0 saturated heterocycles. The molecule has 8 rings (SSSR count). The van der Waals surface area contributed by atoms with E-state index < -0.39 is 0 Å². The Morgan fingerprint density at radius 3 is 2.39 bits per heavy atom. The molecule has 0 atom stereocenters. The minimum atomic E-state index is 0.961. The number of benzene rings is 5. The van der Waals surface area contributed by atoms with Crippen LogP contribution in [0.15, 0.2) is 134 Å². The van der Waals surface area contributed by atoms with E-state index in [0.717, 1.165) is 39.4 Å². The van der Waals surface area contributed by atoms with Gasteiger partial charge >= 0.3 is 0 Å². The van der Waals surface area contributed by atoms with E-state index in [1.165, 1.54) is 36.5 Å². The normalized spacial score (nSPS) is 11.5. The zero-order chi connectivity index (χ0) is 27.3. The Morgan fingerprint density at radius 1 is 0.707 bits per heavy atom. The van der Waals surface area contributed by atoms with Crippen LogP contribution < -0.4 is 5.32 Å². The summed E-state index contributed by atoms with van der Waals surface area (Å²) in [5, 5.41) is 8.65. The summed E-state index contributed by atoms with van der Waals surface area (Å²) in [6.07, 6.45) is 3.78. The third-order valence-corrected chi connectivity index (χ3v) is 8.97. The number of rotatable bonds is 5. The molecule has 1 N–H and O–H groups in total. The molecule has 0 fully saturated rings. The minimum Gasteiger partial charge on any atom is -0.355 e. The molecule has 3 heterocycles. The fraction of sp³-hybridized carbons (Fsp3) is 0. The van der Waals surface area contributed by atoms with Crippen molar-refractivity contribution in [2.45, 2.75) is 0 Å². The van der Waals surface area contributed by atoms with Gasteiger partial charge in [-0.05, 0) is 60.2 Å². The van der Waals surface area contributed by atoms with E-state index in [4.69, 9.17) is 0 Å². The van der Waals surface area contributed by atoms with Gasteiger partial charge in [0.25, 0.3) is 0 Å². The third-order valence-electron chi connectivity index (χ3n) is 7.78. The van der Waals surface area contributed by atoms with Crippen molar-refractivity contribution in [3.8, 4) is 16.9 Å². The molecule has 0 unspecified atom stereocenters. The lowest BCUT2D eigenvalue weighted by Gasteiger charge is -2.13. The second kappa shape index (κ2) is 9.47. The second-order valence-electron chi connectivity index (χ2n) is 10.2. The fourth-order valence-corrected chi connectivity index (χ4v) is 7.14. The van der Waals surface area contributed by atoms with E-state index >= 15 is 0 Å². The van der Waals surface area contributed by atoms with Crippen molar-refractivity contribution in [1.82, 2.24) is 9.55 Å². The molecule has 3 nitrogen and oxygen atoms in total. The van der Waals surface area contributed by atoms with E-state index in [1.54, 1.807) is 0 Å². The van der Waals surface area contributed by atoms with Gasteiger partial charge < -0.3 is 9.88 Å². The number of hydrogen-bond acceptors (Lipinski definition) is 3. The lowest BCUT2D eigenvalue weighted by atomic mass is 10.1. The highest BCUT2D eigenvalue weighted by molar-refractivity contribution is 7.26. The van der Waals surface area contributed by atoms with Gasteiger partial charge in [-0.3, -0.25) is 4.98 Å². The minimum absolute atomic E-state index is 0.961. The molecule has 0 aliphatic carbocycles. The van der Waals surface area contributed by atoms with Crippen molar-refractivity contribution < 1.29 is 0 Å². The van der Waals surface area contributed by atoms with Gasteiger partial charge in [0, 0.05) is 55.1 Å². The van der Waals surface area contributed by atoms with Gasteiger partial charge in [-0.25, -0.2) is 0 Å². The van der Waals surface area contributed by atoms with Crippen molar-refractivity contribution in [3.63, 3.8) is 0 Å². The average molecular weight is 544 g/mol.